The number of rotatable bonds is 3. The van der Waals surface area contributed by atoms with E-state index in [0.717, 1.165) is 31.7 Å². The summed E-state index contributed by atoms with van der Waals surface area (Å²) in [5.74, 6) is 1.25. The molecule has 1 saturated heterocycles. The lowest BCUT2D eigenvalue weighted by Gasteiger charge is -2.28. The Kier molecular flexibility index (Phi) is 3.22. The largest absolute Gasteiger partial charge is 0.442 e. The Morgan fingerprint density at radius 2 is 2.09 bits per heavy atom. The van der Waals surface area contributed by atoms with Gasteiger partial charge in [-0.15, -0.1) is 0 Å². The summed E-state index contributed by atoms with van der Waals surface area (Å²) in [6.45, 7) is 4.62. The molecule has 1 aliphatic carbocycles. The molecule has 22 heavy (non-hydrogen) atoms. The van der Waals surface area contributed by atoms with Gasteiger partial charge >= 0.3 is 0 Å². The molecular weight excluding hydrogens is 284 g/mol. The molecule has 7 nitrogen and oxygen atoms in total. The molecule has 0 radical (unpaired) electrons. The number of aromatic nitrogens is 2. The van der Waals surface area contributed by atoms with Gasteiger partial charge in [-0.1, -0.05) is 0 Å². The monoisotopic (exact) mass is 302 g/mol. The number of nitrogens with one attached hydrogen (secondary N) is 1. The second-order valence-corrected chi connectivity index (χ2v) is 5.76. The van der Waals surface area contributed by atoms with Crippen molar-refractivity contribution in [3.8, 4) is 0 Å². The van der Waals surface area contributed by atoms with E-state index in [2.05, 4.69) is 20.2 Å². The predicted octanol–water partition coefficient (Wildman–Crippen LogP) is 1.26. The standard InChI is InChI=1S/C15H18N4O3/c1-9-11(14(20)18-10-2-3-10)12-13(16-8-17-15(12)22-9)19-4-6-21-7-5-19/h8,10H,2-7H2,1H3,(H,18,20). The van der Waals surface area contributed by atoms with Gasteiger partial charge in [-0.2, -0.15) is 0 Å². The smallest absolute Gasteiger partial charge is 0.255 e. The third-order valence-electron chi connectivity index (χ3n) is 4.09. The summed E-state index contributed by atoms with van der Waals surface area (Å²) >= 11 is 0. The van der Waals surface area contributed by atoms with Gasteiger partial charge < -0.3 is 19.4 Å². The van der Waals surface area contributed by atoms with Crippen molar-refractivity contribution in [3.05, 3.63) is 17.7 Å². The zero-order valence-electron chi connectivity index (χ0n) is 12.5. The number of aryl methyl sites for hydroxylation is 1. The number of hydrogen-bond acceptors (Lipinski definition) is 6. The summed E-state index contributed by atoms with van der Waals surface area (Å²) in [7, 11) is 0. The Bertz CT molecular complexity index is 717. The number of hydrogen-bond donors (Lipinski definition) is 1. The summed E-state index contributed by atoms with van der Waals surface area (Å²) in [6.07, 6.45) is 3.58. The van der Waals surface area contributed by atoms with E-state index in [1.807, 2.05) is 0 Å². The summed E-state index contributed by atoms with van der Waals surface area (Å²) in [4.78, 5) is 23.3. The van der Waals surface area contributed by atoms with Crippen LogP contribution in [0.3, 0.4) is 0 Å². The molecule has 116 valence electrons. The normalized spacial score (nSPS) is 18.7. The molecule has 2 aromatic heterocycles. The Morgan fingerprint density at radius 1 is 1.32 bits per heavy atom. The van der Waals surface area contributed by atoms with E-state index in [9.17, 15) is 4.79 Å². The Balaban J connectivity index is 1.80. The van der Waals surface area contributed by atoms with Crippen LogP contribution in [0.5, 0.6) is 0 Å². The van der Waals surface area contributed by atoms with Crippen molar-refractivity contribution in [1.29, 1.82) is 0 Å². The Labute approximate surface area is 127 Å². The highest BCUT2D eigenvalue weighted by atomic mass is 16.5. The zero-order chi connectivity index (χ0) is 15.1. The molecule has 4 rings (SSSR count). The van der Waals surface area contributed by atoms with Gasteiger partial charge in [0.25, 0.3) is 5.91 Å². The third-order valence-corrected chi connectivity index (χ3v) is 4.09. The molecule has 2 fully saturated rings. The van der Waals surface area contributed by atoms with Crippen LogP contribution in [-0.4, -0.2) is 48.2 Å². The molecule has 1 aliphatic heterocycles. The number of fused-ring (bicyclic) bond motifs is 1. The highest BCUT2D eigenvalue weighted by Crippen LogP contribution is 2.32. The minimum absolute atomic E-state index is 0.0944. The zero-order valence-corrected chi connectivity index (χ0v) is 12.5. The van der Waals surface area contributed by atoms with Gasteiger partial charge in [-0.3, -0.25) is 4.79 Å². The maximum absolute atomic E-state index is 12.6. The maximum Gasteiger partial charge on any atom is 0.255 e. The predicted molar refractivity (Wildman–Crippen MR) is 80.1 cm³/mol. The third kappa shape index (κ3) is 2.31. The van der Waals surface area contributed by atoms with Crippen molar-refractivity contribution < 1.29 is 13.9 Å². The van der Waals surface area contributed by atoms with Crippen LogP contribution in [0.1, 0.15) is 29.0 Å². The lowest BCUT2D eigenvalue weighted by Crippen LogP contribution is -2.37. The molecule has 2 aliphatic rings. The van der Waals surface area contributed by atoms with Crippen LogP contribution in [0.2, 0.25) is 0 Å². The van der Waals surface area contributed by atoms with Crippen molar-refractivity contribution in [2.75, 3.05) is 31.2 Å². The molecule has 0 atom stereocenters. The van der Waals surface area contributed by atoms with Gasteiger partial charge in [0.2, 0.25) is 5.71 Å². The Hall–Kier alpha value is -2.15. The summed E-state index contributed by atoms with van der Waals surface area (Å²) in [5.41, 5.74) is 1.03. The molecular formula is C15H18N4O3. The molecule has 0 spiro atoms. The first kappa shape index (κ1) is 13.5. The highest BCUT2D eigenvalue weighted by Gasteiger charge is 2.29. The van der Waals surface area contributed by atoms with Gasteiger partial charge in [0.15, 0.2) is 0 Å². The van der Waals surface area contributed by atoms with Gasteiger partial charge in [-0.25, -0.2) is 9.97 Å². The topological polar surface area (TPSA) is 80.5 Å². The average molecular weight is 302 g/mol. The number of nitrogens with zero attached hydrogens (tertiary/aromatic N) is 3. The van der Waals surface area contributed by atoms with Gasteiger partial charge in [0, 0.05) is 19.1 Å². The Morgan fingerprint density at radius 3 is 2.82 bits per heavy atom. The molecule has 2 aromatic rings. The fourth-order valence-electron chi connectivity index (χ4n) is 2.80. The van der Waals surface area contributed by atoms with Crippen LogP contribution in [0.15, 0.2) is 10.7 Å². The van der Waals surface area contributed by atoms with E-state index in [4.69, 9.17) is 9.15 Å². The van der Waals surface area contributed by atoms with Crippen LogP contribution in [0, 0.1) is 6.92 Å². The number of furan rings is 1. The SMILES string of the molecule is Cc1oc2ncnc(N3CCOCC3)c2c1C(=O)NC1CC1. The van der Waals surface area contributed by atoms with E-state index in [1.165, 1.54) is 6.33 Å². The van der Waals surface area contributed by atoms with Crippen LogP contribution in [-0.2, 0) is 4.74 Å². The minimum atomic E-state index is -0.0944. The number of amides is 1. The first-order valence-corrected chi connectivity index (χ1v) is 7.61. The second kappa shape index (κ2) is 5.24. The fraction of sp³-hybridized carbons (Fsp3) is 0.533. The van der Waals surface area contributed by atoms with E-state index in [1.54, 1.807) is 6.92 Å². The lowest BCUT2D eigenvalue weighted by atomic mass is 10.1. The summed E-state index contributed by atoms with van der Waals surface area (Å²) < 4.78 is 11.1. The van der Waals surface area contributed by atoms with Gasteiger partial charge in [-0.05, 0) is 19.8 Å². The van der Waals surface area contributed by atoms with Crippen LogP contribution >= 0.6 is 0 Å². The van der Waals surface area contributed by atoms with E-state index in [0.29, 0.717) is 41.7 Å². The molecule has 1 N–H and O–H groups in total. The molecule has 1 amide bonds. The van der Waals surface area contributed by atoms with Gasteiger partial charge in [0.05, 0.1) is 24.2 Å². The quantitative estimate of drug-likeness (QED) is 0.919. The molecule has 0 bridgehead atoms. The van der Waals surface area contributed by atoms with Crippen molar-refractivity contribution in [2.45, 2.75) is 25.8 Å². The van der Waals surface area contributed by atoms with Crippen molar-refractivity contribution in [1.82, 2.24) is 15.3 Å². The number of ether oxygens (including phenoxy) is 1. The summed E-state index contributed by atoms with van der Waals surface area (Å²) in [5, 5.41) is 3.73. The molecule has 3 heterocycles. The fourth-order valence-corrected chi connectivity index (χ4v) is 2.80. The van der Waals surface area contributed by atoms with E-state index >= 15 is 0 Å². The average Bonchev–Trinajstić information content (AvgIpc) is 3.27. The van der Waals surface area contributed by atoms with Crippen LogP contribution < -0.4 is 10.2 Å². The van der Waals surface area contributed by atoms with E-state index < -0.39 is 0 Å². The minimum Gasteiger partial charge on any atom is -0.442 e. The first-order chi connectivity index (χ1) is 10.7. The number of morpholine rings is 1. The highest BCUT2D eigenvalue weighted by molar-refractivity contribution is 6.10. The molecule has 1 saturated carbocycles. The lowest BCUT2D eigenvalue weighted by molar-refractivity contribution is 0.0951. The van der Waals surface area contributed by atoms with Crippen molar-refractivity contribution in [2.24, 2.45) is 0 Å². The maximum atomic E-state index is 12.6. The van der Waals surface area contributed by atoms with Crippen molar-refractivity contribution >= 4 is 22.8 Å². The van der Waals surface area contributed by atoms with Crippen LogP contribution in [0.25, 0.3) is 11.1 Å². The molecule has 0 aromatic carbocycles. The van der Waals surface area contributed by atoms with Gasteiger partial charge in [0.1, 0.15) is 17.9 Å². The van der Waals surface area contributed by atoms with Crippen LogP contribution in [0.4, 0.5) is 5.82 Å². The molecule has 0 unspecified atom stereocenters. The summed E-state index contributed by atoms with van der Waals surface area (Å²) in [6, 6.07) is 0.299. The second-order valence-electron chi connectivity index (χ2n) is 5.76. The van der Waals surface area contributed by atoms with Crippen molar-refractivity contribution in [3.63, 3.8) is 0 Å². The first-order valence-electron chi connectivity index (χ1n) is 7.61. The number of carbonyl (C=O) groups excluding carboxylic acids is 1. The van der Waals surface area contributed by atoms with E-state index in [-0.39, 0.29) is 5.91 Å². The molecule has 7 heteroatoms. The number of anilines is 1. The number of carbonyl (C=O) groups is 1.